The number of hydrazine groups is 1. The van der Waals surface area contributed by atoms with E-state index in [4.69, 9.17) is 5.11 Å². The Labute approximate surface area is 122 Å². The van der Waals surface area contributed by atoms with Crippen LogP contribution in [0.1, 0.15) is 29.9 Å². The lowest BCUT2D eigenvalue weighted by atomic mass is 10.3. The maximum absolute atomic E-state index is 11.8. The molecule has 0 aromatic carbocycles. The predicted molar refractivity (Wildman–Crippen MR) is 78.3 cm³/mol. The van der Waals surface area contributed by atoms with Crippen molar-refractivity contribution in [1.82, 2.24) is 15.8 Å². The molecule has 0 atom stereocenters. The zero-order chi connectivity index (χ0) is 15.0. The molecule has 6 nitrogen and oxygen atoms in total. The zero-order valence-electron chi connectivity index (χ0n) is 11.8. The van der Waals surface area contributed by atoms with Gasteiger partial charge in [-0.2, -0.15) is 0 Å². The van der Waals surface area contributed by atoms with E-state index in [9.17, 15) is 9.59 Å². The second kappa shape index (κ2) is 8.68. The van der Waals surface area contributed by atoms with Gasteiger partial charge < -0.3 is 5.11 Å². The van der Waals surface area contributed by atoms with Crippen molar-refractivity contribution in [2.75, 3.05) is 19.7 Å². The van der Waals surface area contributed by atoms with Crippen LogP contribution >= 0.6 is 11.3 Å². The first-order valence-electron chi connectivity index (χ1n) is 6.52. The van der Waals surface area contributed by atoms with Crippen LogP contribution in [-0.2, 0) is 4.79 Å². The van der Waals surface area contributed by atoms with Crippen molar-refractivity contribution >= 4 is 23.2 Å². The molecular formula is C13H21N3O3S. The predicted octanol–water partition coefficient (Wildman–Crippen LogP) is 0.602. The Bertz CT molecular complexity index is 421. The first-order chi connectivity index (χ1) is 9.54. The molecule has 7 heteroatoms. The molecule has 0 aliphatic heterocycles. The summed E-state index contributed by atoms with van der Waals surface area (Å²) in [5.74, 6) is -0.596. The van der Waals surface area contributed by atoms with Crippen molar-refractivity contribution in [2.24, 2.45) is 0 Å². The van der Waals surface area contributed by atoms with E-state index in [2.05, 4.69) is 10.9 Å². The Morgan fingerprint density at radius 3 is 2.70 bits per heavy atom. The molecule has 1 rings (SSSR count). The van der Waals surface area contributed by atoms with E-state index in [1.54, 1.807) is 17.5 Å². The van der Waals surface area contributed by atoms with Crippen LogP contribution in [0.5, 0.6) is 0 Å². The summed E-state index contributed by atoms with van der Waals surface area (Å²) in [5.41, 5.74) is 4.78. The molecule has 1 aromatic rings. The highest BCUT2D eigenvalue weighted by molar-refractivity contribution is 7.12. The van der Waals surface area contributed by atoms with Gasteiger partial charge in [0.15, 0.2) is 0 Å². The molecule has 1 aromatic heterocycles. The lowest BCUT2D eigenvalue weighted by molar-refractivity contribution is -0.123. The molecule has 0 saturated heterocycles. The average Bonchev–Trinajstić information content (AvgIpc) is 2.94. The van der Waals surface area contributed by atoms with E-state index in [1.165, 1.54) is 11.3 Å². The largest absolute Gasteiger partial charge is 0.396 e. The summed E-state index contributed by atoms with van der Waals surface area (Å²) in [6, 6.07) is 3.66. The molecular weight excluding hydrogens is 278 g/mol. The van der Waals surface area contributed by atoms with E-state index in [0.29, 0.717) is 17.8 Å². The van der Waals surface area contributed by atoms with E-state index in [1.807, 2.05) is 18.7 Å². The minimum Gasteiger partial charge on any atom is -0.396 e. The smallest absolute Gasteiger partial charge is 0.279 e. The fourth-order valence-corrected chi connectivity index (χ4v) is 2.23. The van der Waals surface area contributed by atoms with Gasteiger partial charge in [-0.3, -0.25) is 25.3 Å². The van der Waals surface area contributed by atoms with Crippen molar-refractivity contribution in [1.29, 1.82) is 0 Å². The Balaban J connectivity index is 2.36. The second-order valence-electron chi connectivity index (χ2n) is 4.62. The highest BCUT2D eigenvalue weighted by atomic mass is 32.1. The molecule has 0 unspecified atom stereocenters. The number of carbonyl (C=O) groups excluding carboxylic acids is 2. The van der Waals surface area contributed by atoms with Gasteiger partial charge in [0.25, 0.3) is 11.8 Å². The normalized spacial score (nSPS) is 10.8. The Kier molecular flexibility index (Phi) is 7.21. The molecule has 20 heavy (non-hydrogen) atoms. The summed E-state index contributed by atoms with van der Waals surface area (Å²) >= 11 is 1.31. The first-order valence-corrected chi connectivity index (χ1v) is 7.40. The van der Waals surface area contributed by atoms with Crippen LogP contribution in [0.3, 0.4) is 0 Å². The number of hydrogen-bond acceptors (Lipinski definition) is 5. The molecule has 1 heterocycles. The summed E-state index contributed by atoms with van der Waals surface area (Å²) in [4.78, 5) is 25.9. The number of nitrogens with zero attached hydrogens (tertiary/aromatic N) is 1. The van der Waals surface area contributed by atoms with Crippen LogP contribution in [0.25, 0.3) is 0 Å². The minimum absolute atomic E-state index is 0.0972. The maximum Gasteiger partial charge on any atom is 0.279 e. The third-order valence-corrected chi connectivity index (χ3v) is 3.61. The number of amides is 2. The number of nitrogens with one attached hydrogen (secondary N) is 2. The fraction of sp³-hybridized carbons (Fsp3) is 0.538. The lowest BCUT2D eigenvalue weighted by Crippen LogP contribution is -2.48. The lowest BCUT2D eigenvalue weighted by Gasteiger charge is -2.25. The highest BCUT2D eigenvalue weighted by Crippen LogP contribution is 2.07. The molecule has 0 saturated carbocycles. The van der Waals surface area contributed by atoms with Crippen LogP contribution in [-0.4, -0.2) is 47.6 Å². The Morgan fingerprint density at radius 2 is 2.15 bits per heavy atom. The Morgan fingerprint density at radius 1 is 1.40 bits per heavy atom. The number of thiophene rings is 1. The fourth-order valence-electron chi connectivity index (χ4n) is 1.61. The second-order valence-corrected chi connectivity index (χ2v) is 5.57. The summed E-state index contributed by atoms with van der Waals surface area (Å²) in [6.45, 7) is 4.88. The highest BCUT2D eigenvalue weighted by Gasteiger charge is 2.14. The summed E-state index contributed by atoms with van der Waals surface area (Å²) < 4.78 is 0. The van der Waals surface area contributed by atoms with Crippen LogP contribution in [0.15, 0.2) is 17.5 Å². The van der Waals surface area contributed by atoms with Gasteiger partial charge in [0.05, 0.1) is 11.4 Å². The topological polar surface area (TPSA) is 81.7 Å². The van der Waals surface area contributed by atoms with Gasteiger partial charge in [-0.15, -0.1) is 11.3 Å². The molecule has 3 N–H and O–H groups in total. The van der Waals surface area contributed by atoms with Gasteiger partial charge in [0.1, 0.15) is 0 Å². The summed E-state index contributed by atoms with van der Waals surface area (Å²) in [6.07, 6.45) is 0.618. The number of carbonyl (C=O) groups is 2. The molecule has 0 bridgehead atoms. The molecule has 0 radical (unpaired) electrons. The number of hydrogen-bond donors (Lipinski definition) is 3. The van der Waals surface area contributed by atoms with Crippen molar-refractivity contribution < 1.29 is 14.7 Å². The van der Waals surface area contributed by atoms with Gasteiger partial charge in [0.2, 0.25) is 0 Å². The van der Waals surface area contributed by atoms with Gasteiger partial charge in [-0.1, -0.05) is 6.07 Å². The van der Waals surface area contributed by atoms with Gasteiger partial charge in [0, 0.05) is 19.2 Å². The van der Waals surface area contributed by atoms with Crippen molar-refractivity contribution in [3.63, 3.8) is 0 Å². The molecule has 0 aliphatic rings. The molecule has 0 fully saturated rings. The zero-order valence-corrected chi connectivity index (χ0v) is 12.6. The third kappa shape index (κ3) is 5.68. The standard InChI is InChI=1S/C13H21N3O3S/c1-10(2)16(6-4-7-17)9-12(18)14-15-13(19)11-5-3-8-20-11/h3,5,8,10,17H,4,6-7,9H2,1-2H3,(H,14,18)(H,15,19). The monoisotopic (exact) mass is 299 g/mol. The Hall–Kier alpha value is -1.44. The van der Waals surface area contributed by atoms with Gasteiger partial charge in [-0.05, 0) is 31.7 Å². The number of aliphatic hydroxyl groups is 1. The van der Waals surface area contributed by atoms with Gasteiger partial charge in [-0.25, -0.2) is 0 Å². The SMILES string of the molecule is CC(C)N(CCCO)CC(=O)NNC(=O)c1cccs1. The van der Waals surface area contributed by atoms with Gasteiger partial charge >= 0.3 is 0 Å². The average molecular weight is 299 g/mol. The summed E-state index contributed by atoms with van der Waals surface area (Å²) in [7, 11) is 0. The summed E-state index contributed by atoms with van der Waals surface area (Å²) in [5, 5.41) is 10.6. The molecule has 112 valence electrons. The third-order valence-electron chi connectivity index (χ3n) is 2.74. The van der Waals surface area contributed by atoms with Crippen molar-refractivity contribution in [3.8, 4) is 0 Å². The minimum atomic E-state index is -0.320. The molecule has 2 amide bonds. The molecule has 0 spiro atoms. The van der Waals surface area contributed by atoms with E-state index in [-0.39, 0.29) is 31.0 Å². The van der Waals surface area contributed by atoms with Crippen molar-refractivity contribution in [3.05, 3.63) is 22.4 Å². The number of aliphatic hydroxyl groups excluding tert-OH is 1. The van der Waals surface area contributed by atoms with Crippen molar-refractivity contribution in [2.45, 2.75) is 26.3 Å². The number of rotatable bonds is 7. The quantitative estimate of drug-likeness (QED) is 0.644. The maximum atomic E-state index is 11.8. The van der Waals surface area contributed by atoms with E-state index < -0.39 is 0 Å². The van der Waals surface area contributed by atoms with Crippen LogP contribution in [0.2, 0.25) is 0 Å². The van der Waals surface area contributed by atoms with Crippen LogP contribution in [0.4, 0.5) is 0 Å². The van der Waals surface area contributed by atoms with Crippen LogP contribution < -0.4 is 10.9 Å². The van der Waals surface area contributed by atoms with Crippen LogP contribution in [0, 0.1) is 0 Å². The van der Waals surface area contributed by atoms with E-state index >= 15 is 0 Å². The van der Waals surface area contributed by atoms with E-state index in [0.717, 1.165) is 0 Å². The molecule has 0 aliphatic carbocycles. The first kappa shape index (κ1) is 16.6.